The van der Waals surface area contributed by atoms with Gasteiger partial charge in [0.25, 0.3) is 5.56 Å². The molecule has 7 heteroatoms. The first kappa shape index (κ1) is 14.0. The molecule has 102 valence electrons. The van der Waals surface area contributed by atoms with Crippen molar-refractivity contribution in [1.29, 1.82) is 0 Å². The second-order valence-electron chi connectivity index (χ2n) is 4.25. The molecule has 0 aliphatic carbocycles. The van der Waals surface area contributed by atoms with Gasteiger partial charge in [-0.3, -0.25) is 14.2 Å². The maximum Gasteiger partial charge on any atom is 0.303 e. The van der Waals surface area contributed by atoms with Crippen molar-refractivity contribution >= 4 is 39.7 Å². The molecule has 0 aliphatic heterocycles. The molecule has 0 radical (unpaired) electrons. The van der Waals surface area contributed by atoms with E-state index in [2.05, 4.69) is 4.98 Å². The van der Waals surface area contributed by atoms with Crippen molar-refractivity contribution in [1.82, 2.24) is 9.55 Å². The number of nitrogens with zero attached hydrogens (tertiary/aromatic N) is 1. The first-order valence-corrected chi connectivity index (χ1v) is 7.30. The summed E-state index contributed by atoms with van der Waals surface area (Å²) in [5, 5.41) is 10.4. The van der Waals surface area contributed by atoms with E-state index in [-0.39, 0.29) is 12.0 Å². The van der Waals surface area contributed by atoms with Gasteiger partial charge in [0.05, 0.1) is 5.52 Å². The van der Waals surface area contributed by atoms with E-state index in [1.807, 2.05) is 11.4 Å². The lowest BCUT2D eigenvalue weighted by Gasteiger charge is -2.05. The molecule has 0 aromatic carbocycles. The lowest BCUT2D eigenvalue weighted by molar-refractivity contribution is -0.137. The van der Waals surface area contributed by atoms with Crippen molar-refractivity contribution in [2.75, 3.05) is 0 Å². The molecule has 5 nitrogen and oxygen atoms in total. The largest absolute Gasteiger partial charge is 0.481 e. The second kappa shape index (κ2) is 6.12. The highest BCUT2D eigenvalue weighted by Crippen LogP contribution is 2.14. The fraction of sp³-hybridized carbons (Fsp3) is 0.417. The van der Waals surface area contributed by atoms with Gasteiger partial charge in [-0.05, 0) is 36.5 Å². The van der Waals surface area contributed by atoms with Gasteiger partial charge in [0.15, 0.2) is 4.77 Å². The summed E-state index contributed by atoms with van der Waals surface area (Å²) in [4.78, 5) is 25.6. The number of nitrogens with one attached hydrogen (secondary N) is 1. The van der Waals surface area contributed by atoms with Gasteiger partial charge < -0.3 is 10.1 Å². The zero-order chi connectivity index (χ0) is 13.8. The minimum Gasteiger partial charge on any atom is -0.481 e. The Morgan fingerprint density at radius 1 is 1.42 bits per heavy atom. The van der Waals surface area contributed by atoms with E-state index in [9.17, 15) is 9.59 Å². The minimum absolute atomic E-state index is 0.0630. The number of hydrogen-bond donors (Lipinski definition) is 2. The standard InChI is InChI=1S/C12H14N2O3S2/c15-9(16)4-2-1-3-6-14-11(17)10-8(5-7-19-10)13-12(14)18/h5,7H,1-4,6H2,(H,13,18)(H,15,16). The van der Waals surface area contributed by atoms with Crippen molar-refractivity contribution < 1.29 is 9.90 Å². The lowest BCUT2D eigenvalue weighted by atomic mass is 10.2. The molecule has 0 spiro atoms. The quantitative estimate of drug-likeness (QED) is 0.635. The molecule has 0 amide bonds. The average Bonchev–Trinajstić information content (AvgIpc) is 2.80. The minimum atomic E-state index is -0.783. The smallest absolute Gasteiger partial charge is 0.303 e. The Morgan fingerprint density at radius 3 is 2.95 bits per heavy atom. The van der Waals surface area contributed by atoms with Crippen molar-refractivity contribution in [3.05, 3.63) is 26.6 Å². The van der Waals surface area contributed by atoms with Gasteiger partial charge in [-0.2, -0.15) is 0 Å². The molecule has 0 aliphatic rings. The number of unbranched alkanes of at least 4 members (excludes halogenated alkanes) is 2. The molecule has 0 saturated heterocycles. The number of aliphatic carboxylic acids is 1. The summed E-state index contributed by atoms with van der Waals surface area (Å²) in [6.45, 7) is 0.529. The third-order valence-electron chi connectivity index (χ3n) is 2.86. The Bertz CT molecular complexity index is 699. The molecule has 0 atom stereocenters. The lowest BCUT2D eigenvalue weighted by Crippen LogP contribution is -2.21. The monoisotopic (exact) mass is 298 g/mol. The van der Waals surface area contributed by atoms with E-state index >= 15 is 0 Å². The fourth-order valence-electron chi connectivity index (χ4n) is 1.90. The molecule has 19 heavy (non-hydrogen) atoms. The number of rotatable bonds is 6. The molecule has 2 heterocycles. The number of aromatic amines is 1. The van der Waals surface area contributed by atoms with Crippen LogP contribution in [-0.2, 0) is 11.3 Å². The van der Waals surface area contributed by atoms with E-state index in [0.29, 0.717) is 22.4 Å². The summed E-state index contributed by atoms with van der Waals surface area (Å²) in [6.07, 6.45) is 2.32. The zero-order valence-electron chi connectivity index (χ0n) is 10.2. The molecule has 0 fully saturated rings. The summed E-state index contributed by atoms with van der Waals surface area (Å²) in [5.41, 5.74) is 0.717. The van der Waals surface area contributed by atoms with Gasteiger partial charge in [0, 0.05) is 13.0 Å². The van der Waals surface area contributed by atoms with Crippen LogP contribution in [0.3, 0.4) is 0 Å². The highest BCUT2D eigenvalue weighted by molar-refractivity contribution is 7.71. The highest BCUT2D eigenvalue weighted by Gasteiger charge is 2.06. The molecule has 0 unspecified atom stereocenters. The Labute approximate surface area is 118 Å². The Kier molecular flexibility index (Phi) is 4.49. The fourth-order valence-corrected chi connectivity index (χ4v) is 2.98. The SMILES string of the molecule is O=C(O)CCCCCn1c(=S)[nH]c2ccsc2c1=O. The summed E-state index contributed by atoms with van der Waals surface area (Å²) >= 11 is 6.57. The molecule has 0 bridgehead atoms. The van der Waals surface area contributed by atoms with Gasteiger partial charge in [-0.25, -0.2) is 0 Å². The third kappa shape index (κ3) is 3.30. The summed E-state index contributed by atoms with van der Waals surface area (Å²) < 4.78 is 2.66. The van der Waals surface area contributed by atoms with E-state index in [0.717, 1.165) is 18.4 Å². The number of thiophene rings is 1. The van der Waals surface area contributed by atoms with E-state index in [1.165, 1.54) is 11.3 Å². The number of fused-ring (bicyclic) bond motifs is 1. The molecule has 2 aromatic rings. The van der Waals surface area contributed by atoms with E-state index in [4.69, 9.17) is 17.3 Å². The van der Waals surface area contributed by atoms with Crippen LogP contribution in [0.2, 0.25) is 0 Å². The maximum absolute atomic E-state index is 12.2. The predicted octanol–water partition coefficient (Wildman–Crippen LogP) is 2.77. The van der Waals surface area contributed by atoms with Crippen molar-refractivity contribution in [3.63, 3.8) is 0 Å². The van der Waals surface area contributed by atoms with Gasteiger partial charge >= 0.3 is 5.97 Å². The van der Waals surface area contributed by atoms with E-state index < -0.39 is 5.97 Å². The normalized spacial score (nSPS) is 10.9. The van der Waals surface area contributed by atoms with Crippen LogP contribution in [-0.4, -0.2) is 20.6 Å². The molecular formula is C12H14N2O3S2. The van der Waals surface area contributed by atoms with Crippen molar-refractivity contribution in [3.8, 4) is 0 Å². The number of carboxylic acid groups (broad SMARTS) is 1. The van der Waals surface area contributed by atoms with Gasteiger partial charge in [-0.15, -0.1) is 11.3 Å². The third-order valence-corrected chi connectivity index (χ3v) is 4.09. The summed E-state index contributed by atoms with van der Waals surface area (Å²) in [6, 6.07) is 1.84. The molecule has 2 N–H and O–H groups in total. The molecule has 0 saturated carbocycles. The zero-order valence-corrected chi connectivity index (χ0v) is 11.9. The van der Waals surface area contributed by atoms with Crippen LogP contribution in [0.5, 0.6) is 0 Å². The number of H-pyrrole nitrogens is 1. The number of aromatic nitrogens is 2. The van der Waals surface area contributed by atoms with Crippen LogP contribution in [0.25, 0.3) is 10.2 Å². The van der Waals surface area contributed by atoms with Crippen molar-refractivity contribution in [2.24, 2.45) is 0 Å². The van der Waals surface area contributed by atoms with Crippen LogP contribution in [0.15, 0.2) is 16.2 Å². The maximum atomic E-state index is 12.2. The Balaban J connectivity index is 2.06. The van der Waals surface area contributed by atoms with Gasteiger partial charge in [0.2, 0.25) is 0 Å². The second-order valence-corrected chi connectivity index (χ2v) is 5.56. The molecule has 2 aromatic heterocycles. The van der Waals surface area contributed by atoms with Crippen LogP contribution < -0.4 is 5.56 Å². The number of hydrogen-bond acceptors (Lipinski definition) is 4. The van der Waals surface area contributed by atoms with Crippen molar-refractivity contribution in [2.45, 2.75) is 32.2 Å². The first-order chi connectivity index (χ1) is 9.09. The number of carbonyl (C=O) groups is 1. The van der Waals surface area contributed by atoms with Crippen LogP contribution in [0, 0.1) is 4.77 Å². The molecule has 2 rings (SSSR count). The van der Waals surface area contributed by atoms with E-state index in [1.54, 1.807) is 4.57 Å². The Morgan fingerprint density at radius 2 is 2.21 bits per heavy atom. The first-order valence-electron chi connectivity index (χ1n) is 6.01. The van der Waals surface area contributed by atoms with Crippen LogP contribution >= 0.6 is 23.6 Å². The summed E-state index contributed by atoms with van der Waals surface area (Å²) in [5.74, 6) is -0.783. The highest BCUT2D eigenvalue weighted by atomic mass is 32.1. The number of carboxylic acids is 1. The Hall–Kier alpha value is -1.47. The predicted molar refractivity (Wildman–Crippen MR) is 77.4 cm³/mol. The van der Waals surface area contributed by atoms with Gasteiger partial charge in [0.1, 0.15) is 4.70 Å². The topological polar surface area (TPSA) is 75.1 Å². The van der Waals surface area contributed by atoms with Crippen LogP contribution in [0.4, 0.5) is 0 Å². The van der Waals surface area contributed by atoms with Crippen LogP contribution in [0.1, 0.15) is 25.7 Å². The van der Waals surface area contributed by atoms with Gasteiger partial charge in [-0.1, -0.05) is 6.42 Å². The average molecular weight is 298 g/mol. The molecular weight excluding hydrogens is 284 g/mol. The summed E-state index contributed by atoms with van der Waals surface area (Å²) in [7, 11) is 0.